The second kappa shape index (κ2) is 5.05. The molecule has 94 valence electrons. The number of halogens is 2. The van der Waals surface area contributed by atoms with Gasteiger partial charge in [0.05, 0.1) is 6.54 Å². The van der Waals surface area contributed by atoms with Crippen LogP contribution in [0.4, 0.5) is 8.78 Å². The zero-order valence-corrected chi connectivity index (χ0v) is 9.51. The summed E-state index contributed by atoms with van der Waals surface area (Å²) in [6, 6.07) is -0.442. The second-order valence-electron chi connectivity index (χ2n) is 3.81. The smallest absolute Gasteiger partial charge is 0.350 e. The predicted octanol–water partition coefficient (Wildman–Crippen LogP) is 0.719. The minimum absolute atomic E-state index is 0.420. The molecule has 8 heteroatoms. The van der Waals surface area contributed by atoms with Crippen LogP contribution in [0, 0.1) is 5.41 Å². The number of sulfonamides is 1. The fourth-order valence-electron chi connectivity index (χ4n) is 1.89. The average molecular weight is 255 g/mol. The molecule has 1 aliphatic rings. The van der Waals surface area contributed by atoms with Gasteiger partial charge < -0.3 is 5.73 Å². The molecule has 16 heavy (non-hydrogen) atoms. The van der Waals surface area contributed by atoms with Crippen LogP contribution in [0.25, 0.3) is 0 Å². The van der Waals surface area contributed by atoms with Crippen molar-refractivity contribution in [3.8, 4) is 0 Å². The van der Waals surface area contributed by atoms with Crippen molar-refractivity contribution in [3.63, 3.8) is 0 Å². The van der Waals surface area contributed by atoms with Gasteiger partial charge >= 0.3 is 5.76 Å². The van der Waals surface area contributed by atoms with Gasteiger partial charge in [0.25, 0.3) is 10.0 Å². The van der Waals surface area contributed by atoms with Crippen LogP contribution in [0.5, 0.6) is 0 Å². The van der Waals surface area contributed by atoms with Crippen LogP contribution in [0.15, 0.2) is 0 Å². The van der Waals surface area contributed by atoms with Gasteiger partial charge in [-0.1, -0.05) is 12.8 Å². The number of hydrogen-bond donors (Lipinski definition) is 2. The van der Waals surface area contributed by atoms with Crippen molar-refractivity contribution in [2.45, 2.75) is 37.5 Å². The van der Waals surface area contributed by atoms with Crippen LogP contribution in [0.2, 0.25) is 0 Å². The molecule has 5 nitrogen and oxygen atoms in total. The molecule has 0 amide bonds. The van der Waals surface area contributed by atoms with Crippen molar-refractivity contribution >= 4 is 15.9 Å². The maximum absolute atomic E-state index is 12.4. The zero-order valence-electron chi connectivity index (χ0n) is 8.70. The molecule has 0 aromatic heterocycles. The molecule has 0 heterocycles. The van der Waals surface area contributed by atoms with Crippen molar-refractivity contribution in [1.82, 2.24) is 4.31 Å². The molecule has 0 unspecified atom stereocenters. The largest absolute Gasteiger partial charge is 0.387 e. The molecule has 1 saturated carbocycles. The molecule has 0 saturated heterocycles. The van der Waals surface area contributed by atoms with E-state index in [1.54, 1.807) is 0 Å². The second-order valence-corrected chi connectivity index (χ2v) is 5.67. The van der Waals surface area contributed by atoms with E-state index in [0.717, 1.165) is 12.8 Å². The third kappa shape index (κ3) is 2.88. The molecule has 0 aromatic rings. The molecule has 0 spiro atoms. The van der Waals surface area contributed by atoms with Crippen molar-refractivity contribution < 1.29 is 17.2 Å². The molecule has 0 bridgehead atoms. The summed E-state index contributed by atoms with van der Waals surface area (Å²) < 4.78 is 48.3. The molecular weight excluding hydrogens is 240 g/mol. The van der Waals surface area contributed by atoms with Gasteiger partial charge in [0.15, 0.2) is 0 Å². The monoisotopic (exact) mass is 255 g/mol. The third-order valence-corrected chi connectivity index (χ3v) is 4.14. The lowest BCUT2D eigenvalue weighted by atomic mass is 10.2. The van der Waals surface area contributed by atoms with E-state index in [4.69, 9.17) is 11.1 Å². The number of nitrogens with zero attached hydrogens (tertiary/aromatic N) is 1. The van der Waals surface area contributed by atoms with E-state index in [9.17, 15) is 17.2 Å². The summed E-state index contributed by atoms with van der Waals surface area (Å²) in [5.41, 5.74) is 5.09. The van der Waals surface area contributed by atoms with Crippen LogP contribution in [0.3, 0.4) is 0 Å². The lowest BCUT2D eigenvalue weighted by Gasteiger charge is -2.26. The maximum Gasteiger partial charge on any atom is 0.350 e. The van der Waals surface area contributed by atoms with Gasteiger partial charge in [-0.25, -0.2) is 8.42 Å². The Balaban J connectivity index is 2.90. The van der Waals surface area contributed by atoms with Crippen LogP contribution in [0.1, 0.15) is 25.7 Å². The van der Waals surface area contributed by atoms with Gasteiger partial charge in [-0.2, -0.15) is 13.1 Å². The van der Waals surface area contributed by atoms with Crippen LogP contribution >= 0.6 is 0 Å². The lowest BCUT2D eigenvalue weighted by Crippen LogP contribution is -2.46. The van der Waals surface area contributed by atoms with Gasteiger partial charge in [0.2, 0.25) is 0 Å². The SMILES string of the molecule is N=C(N)CN(C1CCCC1)S(=O)(=O)C(F)F. The van der Waals surface area contributed by atoms with E-state index < -0.39 is 34.2 Å². The van der Waals surface area contributed by atoms with Gasteiger partial charge in [0.1, 0.15) is 5.84 Å². The summed E-state index contributed by atoms with van der Waals surface area (Å²) in [6.07, 6.45) is 2.74. The molecular formula is C8H15F2N3O2S. The summed E-state index contributed by atoms with van der Waals surface area (Å²) in [5.74, 6) is -3.87. The first-order valence-corrected chi connectivity index (χ1v) is 6.47. The van der Waals surface area contributed by atoms with Gasteiger partial charge in [-0.05, 0) is 12.8 Å². The van der Waals surface area contributed by atoms with Crippen molar-refractivity contribution in [2.24, 2.45) is 5.73 Å². The fraction of sp³-hybridized carbons (Fsp3) is 0.875. The normalized spacial score (nSPS) is 18.5. The van der Waals surface area contributed by atoms with Gasteiger partial charge in [-0.3, -0.25) is 5.41 Å². The van der Waals surface area contributed by atoms with Gasteiger partial charge in [-0.15, -0.1) is 0 Å². The van der Waals surface area contributed by atoms with E-state index >= 15 is 0 Å². The maximum atomic E-state index is 12.4. The third-order valence-electron chi connectivity index (χ3n) is 2.61. The highest BCUT2D eigenvalue weighted by Crippen LogP contribution is 2.27. The minimum Gasteiger partial charge on any atom is -0.387 e. The number of nitrogens with two attached hydrogens (primary N) is 1. The number of nitrogens with one attached hydrogen (secondary N) is 1. The molecule has 1 fully saturated rings. The van der Waals surface area contributed by atoms with Crippen molar-refractivity contribution in [2.75, 3.05) is 6.54 Å². The van der Waals surface area contributed by atoms with Crippen molar-refractivity contribution in [1.29, 1.82) is 5.41 Å². The molecule has 1 aliphatic carbocycles. The van der Waals surface area contributed by atoms with Crippen LogP contribution < -0.4 is 5.73 Å². The summed E-state index contributed by atoms with van der Waals surface area (Å²) in [6.45, 7) is -0.447. The Morgan fingerprint density at radius 1 is 1.44 bits per heavy atom. The Morgan fingerprint density at radius 2 is 1.94 bits per heavy atom. The topological polar surface area (TPSA) is 87.2 Å². The highest BCUT2D eigenvalue weighted by molar-refractivity contribution is 7.89. The van der Waals surface area contributed by atoms with E-state index in [1.165, 1.54) is 0 Å². The lowest BCUT2D eigenvalue weighted by molar-refractivity contribution is 0.213. The number of amidine groups is 1. The zero-order chi connectivity index (χ0) is 12.3. The summed E-state index contributed by atoms with van der Waals surface area (Å²) in [5, 5.41) is 7.04. The Labute approximate surface area is 93.2 Å². The quantitative estimate of drug-likeness (QED) is 0.560. The number of hydrogen-bond acceptors (Lipinski definition) is 3. The summed E-state index contributed by atoms with van der Waals surface area (Å²) in [4.78, 5) is 0. The Bertz CT molecular complexity index is 352. The average Bonchev–Trinajstić information content (AvgIpc) is 2.65. The van der Waals surface area contributed by atoms with E-state index in [2.05, 4.69) is 0 Å². The molecule has 1 rings (SSSR count). The number of rotatable bonds is 5. The number of alkyl halides is 2. The van der Waals surface area contributed by atoms with Crippen LogP contribution in [-0.2, 0) is 10.0 Å². The highest BCUT2D eigenvalue weighted by atomic mass is 32.2. The Kier molecular flexibility index (Phi) is 4.20. The van der Waals surface area contributed by atoms with E-state index in [1.807, 2.05) is 0 Å². The summed E-state index contributed by atoms with van der Waals surface area (Å²) >= 11 is 0. The molecule has 0 atom stereocenters. The van der Waals surface area contributed by atoms with E-state index in [-0.39, 0.29) is 0 Å². The highest BCUT2D eigenvalue weighted by Gasteiger charge is 2.38. The Hall–Kier alpha value is -0.760. The first-order chi connectivity index (χ1) is 7.35. The molecule has 0 aliphatic heterocycles. The van der Waals surface area contributed by atoms with E-state index in [0.29, 0.717) is 17.1 Å². The molecule has 0 aromatic carbocycles. The standard InChI is InChI=1S/C8H15F2N3O2S/c9-8(10)16(14,15)13(5-7(11)12)6-3-1-2-4-6/h6,8H,1-5H2,(H3,11,12). The summed E-state index contributed by atoms with van der Waals surface area (Å²) in [7, 11) is -4.64. The predicted molar refractivity (Wildman–Crippen MR) is 55.8 cm³/mol. The fourth-order valence-corrected chi connectivity index (χ4v) is 3.04. The van der Waals surface area contributed by atoms with Crippen LogP contribution in [-0.4, -0.2) is 36.9 Å². The van der Waals surface area contributed by atoms with Crippen molar-refractivity contribution in [3.05, 3.63) is 0 Å². The van der Waals surface area contributed by atoms with Gasteiger partial charge in [0, 0.05) is 6.04 Å². The Morgan fingerprint density at radius 3 is 2.31 bits per heavy atom. The first-order valence-electron chi connectivity index (χ1n) is 4.97. The molecule has 3 N–H and O–H groups in total. The first kappa shape index (κ1) is 13.3. The molecule has 0 radical (unpaired) electrons. The minimum atomic E-state index is -4.64.